The van der Waals surface area contributed by atoms with E-state index < -0.39 is 0 Å². The van der Waals surface area contributed by atoms with E-state index in [1.54, 1.807) is 0 Å². The maximum atomic E-state index is 6.03. The molecule has 2 fully saturated rings. The molecule has 0 radical (unpaired) electrons. The monoisotopic (exact) mass is 271 g/mol. The van der Waals surface area contributed by atoms with Gasteiger partial charge in [0.2, 0.25) is 0 Å². The molecular weight excluding hydrogens is 242 g/mol. The Bertz CT molecular complexity index is 233. The van der Waals surface area contributed by atoms with E-state index in [-0.39, 0.29) is 0 Å². The molecule has 0 aliphatic carbocycles. The van der Waals surface area contributed by atoms with Crippen LogP contribution in [0, 0.1) is 11.8 Å². The first-order valence-corrected chi connectivity index (χ1v) is 8.60. The van der Waals surface area contributed by atoms with Gasteiger partial charge in [-0.25, -0.2) is 0 Å². The molecule has 0 aromatic heterocycles. The van der Waals surface area contributed by atoms with E-state index in [1.165, 1.54) is 50.7 Å². The number of nitrogens with two attached hydrogens (primary N) is 1. The van der Waals surface area contributed by atoms with Gasteiger partial charge in [-0.05, 0) is 29.8 Å². The van der Waals surface area contributed by atoms with Gasteiger partial charge >= 0.3 is 0 Å². The quantitative estimate of drug-likeness (QED) is 0.818. The van der Waals surface area contributed by atoms with Crippen molar-refractivity contribution in [2.75, 3.05) is 50.8 Å². The Morgan fingerprint density at radius 3 is 2.44 bits per heavy atom. The summed E-state index contributed by atoms with van der Waals surface area (Å²) < 4.78 is 0. The molecule has 3 nitrogen and oxygen atoms in total. The molecule has 0 saturated carbocycles. The van der Waals surface area contributed by atoms with Crippen molar-refractivity contribution in [3.8, 4) is 0 Å². The van der Waals surface area contributed by atoms with E-state index in [1.807, 2.05) is 0 Å². The second-order valence-corrected chi connectivity index (χ2v) is 7.31. The average Bonchev–Trinajstić information content (AvgIpc) is 2.85. The van der Waals surface area contributed by atoms with Gasteiger partial charge in [0.25, 0.3) is 0 Å². The number of piperazine rings is 1. The maximum Gasteiger partial charge on any atom is 0.0255 e. The number of rotatable bonds is 5. The Morgan fingerprint density at radius 1 is 1.22 bits per heavy atom. The molecular formula is C14H29N3S. The number of hydrogen-bond acceptors (Lipinski definition) is 4. The Hall–Kier alpha value is 0.230. The first-order chi connectivity index (χ1) is 8.70. The van der Waals surface area contributed by atoms with Gasteiger partial charge < -0.3 is 10.6 Å². The van der Waals surface area contributed by atoms with Crippen LogP contribution < -0.4 is 5.73 Å². The molecule has 0 aromatic rings. The van der Waals surface area contributed by atoms with E-state index in [4.69, 9.17) is 5.73 Å². The zero-order valence-corrected chi connectivity index (χ0v) is 12.8. The summed E-state index contributed by atoms with van der Waals surface area (Å²) in [7, 11) is 0. The fourth-order valence-electron chi connectivity index (χ4n) is 3.29. The number of hydrogen-bond donors (Lipinski definition) is 1. The van der Waals surface area contributed by atoms with Crippen LogP contribution in [0.15, 0.2) is 0 Å². The summed E-state index contributed by atoms with van der Waals surface area (Å²) in [4.78, 5) is 5.27. The Labute approximate surface area is 116 Å². The summed E-state index contributed by atoms with van der Waals surface area (Å²) in [5.74, 6) is 4.30. The lowest BCUT2D eigenvalue weighted by atomic mass is 9.97. The van der Waals surface area contributed by atoms with Gasteiger partial charge in [0.15, 0.2) is 0 Å². The molecule has 2 rings (SSSR count). The van der Waals surface area contributed by atoms with Crippen molar-refractivity contribution >= 4 is 11.8 Å². The molecule has 0 bridgehead atoms. The summed E-state index contributed by atoms with van der Waals surface area (Å²) in [5.41, 5.74) is 6.03. The fraction of sp³-hybridized carbons (Fsp3) is 1.00. The van der Waals surface area contributed by atoms with Gasteiger partial charge in [0, 0.05) is 45.3 Å². The lowest BCUT2D eigenvalue weighted by Gasteiger charge is -2.41. The van der Waals surface area contributed by atoms with Crippen LogP contribution in [0.4, 0.5) is 0 Å². The zero-order chi connectivity index (χ0) is 13.0. The Kier molecular flexibility index (Phi) is 5.80. The smallest absolute Gasteiger partial charge is 0.0255 e. The molecule has 2 atom stereocenters. The predicted molar refractivity (Wildman–Crippen MR) is 81.1 cm³/mol. The van der Waals surface area contributed by atoms with Crippen LogP contribution in [0.25, 0.3) is 0 Å². The van der Waals surface area contributed by atoms with Crippen molar-refractivity contribution in [1.29, 1.82) is 0 Å². The van der Waals surface area contributed by atoms with Crippen LogP contribution in [0.1, 0.15) is 20.3 Å². The maximum absolute atomic E-state index is 6.03. The van der Waals surface area contributed by atoms with E-state index in [0.717, 1.165) is 18.4 Å². The van der Waals surface area contributed by atoms with Gasteiger partial charge in [-0.2, -0.15) is 11.8 Å². The normalized spacial score (nSPS) is 29.0. The summed E-state index contributed by atoms with van der Waals surface area (Å²) in [6.45, 7) is 11.6. The molecule has 2 saturated heterocycles. The van der Waals surface area contributed by atoms with Gasteiger partial charge in [0.05, 0.1) is 0 Å². The second kappa shape index (κ2) is 7.13. The van der Waals surface area contributed by atoms with Crippen molar-refractivity contribution in [2.24, 2.45) is 17.6 Å². The summed E-state index contributed by atoms with van der Waals surface area (Å²) in [6.07, 6.45) is 1.37. The molecule has 2 N–H and O–H groups in total. The third-order valence-electron chi connectivity index (χ3n) is 4.25. The van der Waals surface area contributed by atoms with Crippen LogP contribution >= 0.6 is 11.8 Å². The van der Waals surface area contributed by atoms with E-state index in [9.17, 15) is 0 Å². The third-order valence-corrected chi connectivity index (χ3v) is 5.44. The summed E-state index contributed by atoms with van der Waals surface area (Å²) in [5, 5.41) is 0. The second-order valence-electron chi connectivity index (χ2n) is 6.16. The molecule has 0 aromatic carbocycles. The third kappa shape index (κ3) is 3.86. The topological polar surface area (TPSA) is 32.5 Å². The van der Waals surface area contributed by atoms with Gasteiger partial charge in [0.1, 0.15) is 0 Å². The van der Waals surface area contributed by atoms with Gasteiger partial charge in [-0.3, -0.25) is 4.90 Å². The van der Waals surface area contributed by atoms with Gasteiger partial charge in [-0.15, -0.1) is 0 Å². The Morgan fingerprint density at radius 2 is 1.94 bits per heavy atom. The van der Waals surface area contributed by atoms with Crippen LogP contribution in [0.2, 0.25) is 0 Å². The molecule has 0 amide bonds. The highest BCUT2D eigenvalue weighted by Crippen LogP contribution is 2.28. The van der Waals surface area contributed by atoms with E-state index in [2.05, 4.69) is 35.4 Å². The van der Waals surface area contributed by atoms with Crippen LogP contribution in [0.3, 0.4) is 0 Å². The average molecular weight is 271 g/mol. The molecule has 106 valence electrons. The Balaban J connectivity index is 1.80. The highest BCUT2D eigenvalue weighted by Gasteiger charge is 2.31. The van der Waals surface area contributed by atoms with Crippen molar-refractivity contribution < 1.29 is 0 Å². The van der Waals surface area contributed by atoms with Gasteiger partial charge in [-0.1, -0.05) is 13.8 Å². The zero-order valence-electron chi connectivity index (χ0n) is 12.0. The number of thioether (sulfide) groups is 1. The van der Waals surface area contributed by atoms with Crippen LogP contribution in [0.5, 0.6) is 0 Å². The molecule has 4 heteroatoms. The van der Waals surface area contributed by atoms with E-state index >= 15 is 0 Å². The molecule has 2 aliphatic heterocycles. The predicted octanol–water partition coefficient (Wildman–Crippen LogP) is 1.34. The minimum atomic E-state index is 0.640. The highest BCUT2D eigenvalue weighted by molar-refractivity contribution is 7.99. The fourth-order valence-corrected chi connectivity index (χ4v) is 4.62. The molecule has 0 spiro atoms. The standard InChI is InChI=1S/C14H29N3S/c1-12(2)10-16-4-6-17(7-5-16)14(9-15)13-3-8-18-11-13/h12-14H,3-11,15H2,1-2H3. The first kappa shape index (κ1) is 14.6. The lowest BCUT2D eigenvalue weighted by Crippen LogP contribution is -2.55. The van der Waals surface area contributed by atoms with Crippen LogP contribution in [-0.2, 0) is 0 Å². The first-order valence-electron chi connectivity index (χ1n) is 7.45. The van der Waals surface area contributed by atoms with Crippen molar-refractivity contribution in [2.45, 2.75) is 26.3 Å². The van der Waals surface area contributed by atoms with E-state index in [0.29, 0.717) is 6.04 Å². The minimum Gasteiger partial charge on any atom is -0.329 e. The lowest BCUT2D eigenvalue weighted by molar-refractivity contribution is 0.0721. The van der Waals surface area contributed by atoms with Crippen molar-refractivity contribution in [1.82, 2.24) is 9.80 Å². The molecule has 2 aliphatic rings. The molecule has 2 unspecified atom stereocenters. The largest absolute Gasteiger partial charge is 0.329 e. The summed E-state index contributed by atoms with van der Waals surface area (Å²) >= 11 is 2.11. The van der Waals surface area contributed by atoms with Crippen molar-refractivity contribution in [3.05, 3.63) is 0 Å². The summed E-state index contributed by atoms with van der Waals surface area (Å²) in [6, 6.07) is 0.640. The van der Waals surface area contributed by atoms with Crippen molar-refractivity contribution in [3.63, 3.8) is 0 Å². The molecule has 18 heavy (non-hydrogen) atoms. The number of nitrogens with zero attached hydrogens (tertiary/aromatic N) is 2. The SMILES string of the molecule is CC(C)CN1CCN(C(CN)C2CCSC2)CC1. The van der Waals surface area contributed by atoms with Crippen LogP contribution in [-0.4, -0.2) is 66.6 Å². The minimum absolute atomic E-state index is 0.640. The highest BCUT2D eigenvalue weighted by atomic mass is 32.2. The molecule has 2 heterocycles.